The number of fused-ring (bicyclic) bond motifs is 1. The lowest BCUT2D eigenvalue weighted by Gasteiger charge is -2.15. The van der Waals surface area contributed by atoms with Gasteiger partial charge < -0.3 is 4.74 Å². The molecule has 52 valence electrons. The molecule has 0 unspecified atom stereocenters. The van der Waals surface area contributed by atoms with E-state index in [1.54, 1.807) is 6.07 Å². The van der Waals surface area contributed by atoms with Crippen LogP contribution in [0.1, 0.15) is 13.4 Å². The highest BCUT2D eigenvalue weighted by atomic mass is 16.5. The van der Waals surface area contributed by atoms with Gasteiger partial charge in [-0.3, -0.25) is 0 Å². The maximum Gasteiger partial charge on any atom is 0.122 e. The molecule has 10 heavy (non-hydrogen) atoms. The summed E-state index contributed by atoms with van der Waals surface area (Å²) in [5.74, 6) is 0.965. The summed E-state index contributed by atoms with van der Waals surface area (Å²) < 4.78 is 12.8. The van der Waals surface area contributed by atoms with E-state index in [4.69, 9.17) is 6.11 Å². The molecule has 1 heteroatoms. The number of hydrogen-bond acceptors (Lipinski definition) is 1. The predicted molar refractivity (Wildman–Crippen MR) is 40.3 cm³/mol. The fourth-order valence-electron chi connectivity index (χ4n) is 1.23. The molecule has 2 rings (SSSR count). The molecule has 1 aliphatic heterocycles. The molecule has 0 bridgehead atoms. The average molecular weight is 135 g/mol. The minimum atomic E-state index is 0.578. The zero-order valence-corrected chi connectivity index (χ0v) is 5.76. The van der Waals surface area contributed by atoms with E-state index >= 15 is 0 Å². The second kappa shape index (κ2) is 2.33. The largest absolute Gasteiger partial charge is 0.493 e. The van der Waals surface area contributed by atoms with E-state index in [0.29, 0.717) is 6.04 Å². The molecule has 0 saturated carbocycles. The molecule has 0 amide bonds. The molecule has 1 aromatic carbocycles. The highest BCUT2D eigenvalue weighted by Crippen LogP contribution is 2.22. The van der Waals surface area contributed by atoms with Crippen molar-refractivity contribution in [2.45, 2.75) is 12.8 Å². The molecule has 1 aliphatic rings. The van der Waals surface area contributed by atoms with Crippen LogP contribution in [0.3, 0.4) is 0 Å². The second-order valence-electron chi connectivity index (χ2n) is 2.49. The highest BCUT2D eigenvalue weighted by Gasteiger charge is 2.06. The molecule has 0 aliphatic carbocycles. The summed E-state index contributed by atoms with van der Waals surface area (Å²) in [4.78, 5) is 0. The van der Waals surface area contributed by atoms with Crippen LogP contribution in [0, 0.1) is 0 Å². The van der Waals surface area contributed by atoms with E-state index < -0.39 is 0 Å². The molecule has 0 N–H and O–H groups in total. The lowest BCUT2D eigenvalue weighted by Crippen LogP contribution is -2.07. The maximum absolute atomic E-state index is 7.38. The summed E-state index contributed by atoms with van der Waals surface area (Å²) in [6.45, 7) is 0.824. The van der Waals surface area contributed by atoms with Crippen molar-refractivity contribution >= 4 is 0 Å². The zero-order valence-electron chi connectivity index (χ0n) is 6.76. The Balaban J connectivity index is 2.43. The summed E-state index contributed by atoms with van der Waals surface area (Å²) in [6.07, 6.45) is 2.14. The topological polar surface area (TPSA) is 9.23 Å². The van der Waals surface area contributed by atoms with E-state index in [2.05, 4.69) is 0 Å². The van der Waals surface area contributed by atoms with Gasteiger partial charge in [0.05, 0.1) is 7.98 Å². The van der Waals surface area contributed by atoms with Crippen LogP contribution < -0.4 is 4.74 Å². The molecular formula is C9H10O. The third kappa shape index (κ3) is 0.878. The van der Waals surface area contributed by atoms with Crippen molar-refractivity contribution in [3.8, 4) is 5.75 Å². The van der Waals surface area contributed by atoms with Gasteiger partial charge >= 0.3 is 0 Å². The first kappa shape index (κ1) is 4.78. The van der Waals surface area contributed by atoms with Crippen LogP contribution in [-0.4, -0.2) is 6.61 Å². The molecule has 0 spiro atoms. The summed E-state index contributed by atoms with van der Waals surface area (Å²) >= 11 is 0. The molecule has 0 atom stereocenters. The van der Waals surface area contributed by atoms with Crippen LogP contribution in [0.25, 0.3) is 0 Å². The SMILES string of the molecule is [2H]c1ccc2c(c1)CCCO2. The molecule has 0 aromatic heterocycles. The minimum Gasteiger partial charge on any atom is -0.493 e. The quantitative estimate of drug-likeness (QED) is 0.528. The molecule has 0 fully saturated rings. The van der Waals surface area contributed by atoms with Gasteiger partial charge in [-0.25, -0.2) is 0 Å². The third-order valence-corrected chi connectivity index (χ3v) is 1.75. The Labute approximate surface area is 62.0 Å². The van der Waals surface area contributed by atoms with Crippen LogP contribution in [0.15, 0.2) is 24.2 Å². The third-order valence-electron chi connectivity index (χ3n) is 1.75. The standard InChI is InChI=1S/C9H10O/c1-2-6-9-8(4-1)5-3-7-10-9/h1-2,4,6H,3,5,7H2/i1D. The van der Waals surface area contributed by atoms with E-state index in [1.165, 1.54) is 5.56 Å². The summed E-state index contributed by atoms with van der Waals surface area (Å²) in [7, 11) is 0. The summed E-state index contributed by atoms with van der Waals surface area (Å²) in [5, 5.41) is 0. The summed E-state index contributed by atoms with van der Waals surface area (Å²) in [6, 6.07) is 6.12. The fraction of sp³-hybridized carbons (Fsp3) is 0.333. The summed E-state index contributed by atoms with van der Waals surface area (Å²) in [5.41, 5.74) is 1.18. The Morgan fingerprint density at radius 2 is 2.50 bits per heavy atom. The number of rotatable bonds is 0. The second-order valence-corrected chi connectivity index (χ2v) is 2.49. The Morgan fingerprint density at radius 1 is 1.50 bits per heavy atom. The van der Waals surface area contributed by atoms with Crippen LogP contribution in [-0.2, 0) is 6.42 Å². The van der Waals surface area contributed by atoms with Crippen LogP contribution in [0.5, 0.6) is 5.75 Å². The van der Waals surface area contributed by atoms with Crippen molar-refractivity contribution in [2.24, 2.45) is 0 Å². The molecule has 1 nitrogen and oxygen atoms in total. The number of aryl methyl sites for hydroxylation is 1. The smallest absolute Gasteiger partial charge is 0.122 e. The van der Waals surface area contributed by atoms with Gasteiger partial charge in [-0.15, -0.1) is 0 Å². The van der Waals surface area contributed by atoms with Gasteiger partial charge in [0.15, 0.2) is 0 Å². The van der Waals surface area contributed by atoms with Crippen molar-refractivity contribution in [1.82, 2.24) is 0 Å². The number of ether oxygens (including phenoxy) is 1. The van der Waals surface area contributed by atoms with Gasteiger partial charge in [-0.05, 0) is 24.5 Å². The molecule has 1 aromatic rings. The highest BCUT2D eigenvalue weighted by molar-refractivity contribution is 5.34. The van der Waals surface area contributed by atoms with Gasteiger partial charge in [0.1, 0.15) is 5.75 Å². The van der Waals surface area contributed by atoms with E-state index in [9.17, 15) is 0 Å². The Bertz CT molecular complexity index is 270. The van der Waals surface area contributed by atoms with E-state index in [-0.39, 0.29) is 0 Å². The number of para-hydroxylation sites is 1. The van der Waals surface area contributed by atoms with Crippen LogP contribution >= 0.6 is 0 Å². The van der Waals surface area contributed by atoms with E-state index in [1.807, 2.05) is 12.1 Å². The van der Waals surface area contributed by atoms with Crippen molar-refractivity contribution < 1.29 is 6.11 Å². The monoisotopic (exact) mass is 135 g/mol. The van der Waals surface area contributed by atoms with Gasteiger partial charge in [0, 0.05) is 0 Å². The first-order valence-electron chi connectivity index (χ1n) is 4.08. The molecule has 1 heterocycles. The van der Waals surface area contributed by atoms with Gasteiger partial charge in [0.2, 0.25) is 0 Å². The fourth-order valence-corrected chi connectivity index (χ4v) is 1.23. The van der Waals surface area contributed by atoms with Gasteiger partial charge in [0.25, 0.3) is 0 Å². The predicted octanol–water partition coefficient (Wildman–Crippen LogP) is 2.01. The minimum absolute atomic E-state index is 0.578. The van der Waals surface area contributed by atoms with Crippen LogP contribution in [0.2, 0.25) is 0 Å². The average Bonchev–Trinajstić information content (AvgIpc) is 2.04. The zero-order chi connectivity index (χ0) is 7.68. The normalized spacial score (nSPS) is 17.0. The molecule has 0 radical (unpaired) electrons. The lowest BCUT2D eigenvalue weighted by molar-refractivity contribution is 0.288. The lowest BCUT2D eigenvalue weighted by atomic mass is 10.1. The van der Waals surface area contributed by atoms with Crippen molar-refractivity contribution in [3.63, 3.8) is 0 Å². The first-order valence-corrected chi connectivity index (χ1v) is 3.58. The maximum atomic E-state index is 7.38. The molecule has 0 saturated heterocycles. The van der Waals surface area contributed by atoms with Crippen molar-refractivity contribution in [1.29, 1.82) is 0 Å². The van der Waals surface area contributed by atoms with Gasteiger partial charge in [-0.2, -0.15) is 0 Å². The Morgan fingerprint density at radius 3 is 3.50 bits per heavy atom. The molecular weight excluding hydrogens is 124 g/mol. The first-order chi connectivity index (χ1) is 5.36. The number of benzene rings is 1. The van der Waals surface area contributed by atoms with Crippen molar-refractivity contribution in [3.05, 3.63) is 29.8 Å². The van der Waals surface area contributed by atoms with Gasteiger partial charge in [-0.1, -0.05) is 18.2 Å². The Kier molecular flexibility index (Phi) is 1.11. The van der Waals surface area contributed by atoms with Crippen molar-refractivity contribution in [2.75, 3.05) is 6.61 Å². The van der Waals surface area contributed by atoms with E-state index in [0.717, 1.165) is 25.2 Å². The van der Waals surface area contributed by atoms with Crippen LogP contribution in [0.4, 0.5) is 0 Å². The Hall–Kier alpha value is -0.980. The number of hydrogen-bond donors (Lipinski definition) is 0.